The molecule has 1 aromatic heterocycles. The molecule has 0 radical (unpaired) electrons. The molecule has 1 atom stereocenters. The lowest BCUT2D eigenvalue weighted by atomic mass is 9.86. The molecule has 0 bridgehead atoms. The number of aromatic nitrogens is 2. The van der Waals surface area contributed by atoms with E-state index in [0.717, 1.165) is 28.6 Å². The van der Waals surface area contributed by atoms with Gasteiger partial charge in [-0.2, -0.15) is 0 Å². The second kappa shape index (κ2) is 12.0. The Labute approximate surface area is 206 Å². The first-order valence-corrected chi connectivity index (χ1v) is 11.9. The molecule has 1 unspecified atom stereocenters. The zero-order valence-corrected chi connectivity index (χ0v) is 21.5. The van der Waals surface area contributed by atoms with Crippen molar-refractivity contribution in [3.8, 4) is 11.5 Å². The Morgan fingerprint density at radius 2 is 1.76 bits per heavy atom. The first-order chi connectivity index (χ1) is 16.1. The van der Waals surface area contributed by atoms with Crippen molar-refractivity contribution in [2.75, 3.05) is 6.38 Å². The van der Waals surface area contributed by atoms with Gasteiger partial charge in [-0.1, -0.05) is 45.0 Å². The number of esters is 2. The second-order valence-electron chi connectivity index (χ2n) is 9.27. The summed E-state index contributed by atoms with van der Waals surface area (Å²) < 4.78 is 11.5. The number of alkyl halides is 1. The van der Waals surface area contributed by atoms with Crippen molar-refractivity contribution in [1.82, 2.24) is 9.97 Å². The first kappa shape index (κ1) is 27.3. The van der Waals surface area contributed by atoms with Crippen LogP contribution in [0.5, 0.6) is 11.5 Å². The predicted octanol–water partition coefficient (Wildman–Crippen LogP) is 5.11. The van der Waals surface area contributed by atoms with E-state index in [1.165, 1.54) is 19.6 Å². The molecule has 0 spiro atoms. The topological polar surface area (TPSA) is 107 Å². The van der Waals surface area contributed by atoms with Gasteiger partial charge in [0.1, 0.15) is 6.04 Å². The number of aromatic amines is 1. The van der Waals surface area contributed by atoms with Crippen molar-refractivity contribution >= 4 is 34.3 Å². The molecular formula is C26H34ClN3O4. The van der Waals surface area contributed by atoms with Crippen LogP contribution in [0.2, 0.25) is 0 Å². The molecule has 3 N–H and O–H groups in total. The minimum absolute atomic E-state index is 0.0782. The molecule has 3 aromatic rings. The number of nitrogens with zero attached hydrogens (tertiary/aromatic N) is 1. The third kappa shape index (κ3) is 7.05. The van der Waals surface area contributed by atoms with Crippen LogP contribution in [0.1, 0.15) is 50.9 Å². The molecule has 0 fully saturated rings. The molecule has 7 nitrogen and oxygen atoms in total. The second-order valence-corrected chi connectivity index (χ2v) is 9.27. The van der Waals surface area contributed by atoms with E-state index in [-0.39, 0.29) is 17.6 Å². The molecule has 0 saturated heterocycles. The van der Waals surface area contributed by atoms with Crippen LogP contribution >= 0.6 is 11.6 Å². The Kier molecular flexibility index (Phi) is 9.65. The number of H-pyrrole nitrogens is 1. The molecule has 0 saturated carbocycles. The van der Waals surface area contributed by atoms with E-state index >= 15 is 0 Å². The third-order valence-corrected chi connectivity index (χ3v) is 5.38. The van der Waals surface area contributed by atoms with Gasteiger partial charge < -0.3 is 20.2 Å². The van der Waals surface area contributed by atoms with Crippen molar-refractivity contribution in [3.05, 3.63) is 53.6 Å². The van der Waals surface area contributed by atoms with E-state index in [4.69, 9.17) is 15.2 Å². The average Bonchev–Trinajstić information content (AvgIpc) is 3.29. The van der Waals surface area contributed by atoms with E-state index in [1.54, 1.807) is 6.20 Å². The monoisotopic (exact) mass is 487 g/mol. The molecule has 8 heteroatoms. The fourth-order valence-electron chi connectivity index (χ4n) is 3.65. The first-order valence-electron chi connectivity index (χ1n) is 11.1. The van der Waals surface area contributed by atoms with E-state index in [0.29, 0.717) is 17.6 Å². The van der Waals surface area contributed by atoms with Crippen molar-refractivity contribution in [2.24, 2.45) is 11.1 Å². The number of carbonyl (C=O) groups excluding carboxylic acids is 2. The number of halogens is 1. The van der Waals surface area contributed by atoms with Crippen molar-refractivity contribution < 1.29 is 19.1 Å². The number of hydrogen-bond acceptors (Lipinski definition) is 6. The molecule has 0 aliphatic rings. The van der Waals surface area contributed by atoms with E-state index in [2.05, 4.69) is 42.3 Å². The Hall–Kier alpha value is -2.90. The van der Waals surface area contributed by atoms with Crippen LogP contribution in [0, 0.1) is 12.3 Å². The van der Waals surface area contributed by atoms with Crippen LogP contribution in [0.4, 0.5) is 0 Å². The van der Waals surface area contributed by atoms with Gasteiger partial charge in [-0.15, -0.1) is 11.6 Å². The fourth-order valence-corrected chi connectivity index (χ4v) is 3.65. The number of carbonyl (C=O) groups is 2. The zero-order chi connectivity index (χ0) is 25.5. The molecule has 184 valence electrons. The maximum Gasteiger partial charge on any atom is 0.328 e. The summed E-state index contributed by atoms with van der Waals surface area (Å²) in [6, 6.07) is 6.72. The van der Waals surface area contributed by atoms with E-state index in [9.17, 15) is 9.59 Å². The molecule has 1 heterocycles. The van der Waals surface area contributed by atoms with Gasteiger partial charge in [0.25, 0.3) is 0 Å². The SMILES string of the molecule is CC(=O)Oc1c(CCC(C)(C)C)c(C)c2ccccc2c1OC(=O)C(N)Cc1cnc[nH]1.CCl. The molecular weight excluding hydrogens is 454 g/mol. The van der Waals surface area contributed by atoms with Crippen LogP contribution in [0.25, 0.3) is 10.8 Å². The zero-order valence-electron chi connectivity index (χ0n) is 20.7. The number of hydrogen-bond donors (Lipinski definition) is 2. The maximum atomic E-state index is 12.9. The minimum atomic E-state index is -0.904. The summed E-state index contributed by atoms with van der Waals surface area (Å²) in [6.45, 7) is 9.81. The smallest absolute Gasteiger partial charge is 0.328 e. The largest absolute Gasteiger partial charge is 0.422 e. The summed E-state index contributed by atoms with van der Waals surface area (Å²) in [5, 5.41) is 1.64. The standard InChI is InChI=1S/C25H31N3O4.CH3Cl/c1-15-18-8-6-7-9-20(18)23(32-24(30)21(26)12-17-13-27-14-28-17)22(31-16(2)29)19(15)10-11-25(3,4)5;1-2/h6-9,13-14,21H,10-12,26H2,1-5H3,(H,27,28);1H3. The summed E-state index contributed by atoms with van der Waals surface area (Å²) in [5.74, 6) is -0.560. The van der Waals surface area contributed by atoms with Gasteiger partial charge in [0.2, 0.25) is 0 Å². The third-order valence-electron chi connectivity index (χ3n) is 5.38. The summed E-state index contributed by atoms with van der Waals surface area (Å²) in [7, 11) is 0. The lowest BCUT2D eigenvalue weighted by molar-refractivity contribution is -0.137. The molecule has 3 rings (SSSR count). The maximum absolute atomic E-state index is 12.9. The molecule has 2 aromatic carbocycles. The normalized spacial score (nSPS) is 12.0. The van der Waals surface area contributed by atoms with Crippen LogP contribution in [0.3, 0.4) is 0 Å². The van der Waals surface area contributed by atoms with Gasteiger partial charge in [-0.05, 0) is 36.1 Å². The number of nitrogens with two attached hydrogens (primary N) is 1. The number of benzene rings is 2. The summed E-state index contributed by atoms with van der Waals surface area (Å²) >= 11 is 4.64. The summed E-state index contributed by atoms with van der Waals surface area (Å²) in [4.78, 5) is 31.8. The van der Waals surface area contributed by atoms with Gasteiger partial charge in [-0.25, -0.2) is 9.78 Å². The molecule has 0 aliphatic heterocycles. The quantitative estimate of drug-likeness (QED) is 0.272. The van der Waals surface area contributed by atoms with E-state index in [1.807, 2.05) is 31.2 Å². The highest BCUT2D eigenvalue weighted by atomic mass is 35.5. The lowest BCUT2D eigenvalue weighted by Gasteiger charge is -2.23. The van der Waals surface area contributed by atoms with Crippen molar-refractivity contribution in [1.29, 1.82) is 0 Å². The summed E-state index contributed by atoms with van der Waals surface area (Å²) in [5.41, 5.74) is 8.78. The number of rotatable bonds is 7. The van der Waals surface area contributed by atoms with Crippen molar-refractivity contribution in [2.45, 2.75) is 59.9 Å². The lowest BCUT2D eigenvalue weighted by Crippen LogP contribution is -2.36. The highest BCUT2D eigenvalue weighted by molar-refractivity contribution is 6.15. The van der Waals surface area contributed by atoms with Gasteiger partial charge in [0.05, 0.1) is 6.33 Å². The number of nitrogens with one attached hydrogen (secondary N) is 1. The van der Waals surface area contributed by atoms with Crippen LogP contribution < -0.4 is 15.2 Å². The Balaban J connectivity index is 0.00000199. The number of imidazole rings is 1. The van der Waals surface area contributed by atoms with Gasteiger partial charge in [-0.3, -0.25) is 4.79 Å². The van der Waals surface area contributed by atoms with Crippen LogP contribution in [0.15, 0.2) is 36.8 Å². The molecule has 0 aliphatic carbocycles. The minimum Gasteiger partial charge on any atom is -0.422 e. The number of fused-ring (bicyclic) bond motifs is 1. The Bertz CT molecular complexity index is 1120. The van der Waals surface area contributed by atoms with Crippen LogP contribution in [-0.4, -0.2) is 34.3 Å². The van der Waals surface area contributed by atoms with Crippen molar-refractivity contribution in [3.63, 3.8) is 0 Å². The van der Waals surface area contributed by atoms with Gasteiger partial charge >= 0.3 is 11.9 Å². The van der Waals surface area contributed by atoms with Gasteiger partial charge in [0, 0.05) is 42.6 Å². The average molecular weight is 488 g/mol. The highest BCUT2D eigenvalue weighted by Gasteiger charge is 2.26. The fraction of sp³-hybridized carbons (Fsp3) is 0.423. The van der Waals surface area contributed by atoms with Gasteiger partial charge in [0.15, 0.2) is 11.5 Å². The summed E-state index contributed by atoms with van der Waals surface area (Å²) in [6.07, 6.45) is 6.41. The Morgan fingerprint density at radius 3 is 2.32 bits per heavy atom. The number of ether oxygens (including phenoxy) is 2. The Morgan fingerprint density at radius 1 is 1.12 bits per heavy atom. The molecule has 0 amide bonds. The molecule has 34 heavy (non-hydrogen) atoms. The highest BCUT2D eigenvalue weighted by Crippen LogP contribution is 2.43. The predicted molar refractivity (Wildman–Crippen MR) is 135 cm³/mol. The van der Waals surface area contributed by atoms with Crippen LogP contribution in [-0.2, 0) is 22.4 Å². The number of aryl methyl sites for hydroxylation is 1. The van der Waals surface area contributed by atoms with E-state index < -0.39 is 18.0 Å².